The molecule has 2 unspecified atom stereocenters. The molecule has 214 valence electrons. The quantitative estimate of drug-likeness (QED) is 0.0829. The molecule has 37 heavy (non-hydrogen) atoms. The highest BCUT2D eigenvalue weighted by molar-refractivity contribution is 5.87. The van der Waals surface area contributed by atoms with Crippen molar-refractivity contribution in [1.82, 2.24) is 10.6 Å². The number of ether oxygens (including phenoxy) is 1. The molecule has 0 aliphatic rings. The van der Waals surface area contributed by atoms with Crippen LogP contribution in [0.5, 0.6) is 0 Å². The lowest BCUT2D eigenvalue weighted by Crippen LogP contribution is -2.47. The van der Waals surface area contributed by atoms with E-state index in [1.54, 1.807) is 0 Å². The summed E-state index contributed by atoms with van der Waals surface area (Å²) in [5.41, 5.74) is 0. The molecule has 2 atom stereocenters. The SMILES string of the molecule is CCC/C=C\CCCCCCCC(=O)OC(CCC)CCCCCC(=O)NCC(=O)NC(CO)C(=O)O. The maximum absolute atomic E-state index is 12.2. The van der Waals surface area contributed by atoms with E-state index in [4.69, 9.17) is 14.9 Å². The number of carboxylic acids is 1. The molecule has 0 fully saturated rings. The second-order valence-electron chi connectivity index (χ2n) is 9.48. The van der Waals surface area contributed by atoms with E-state index in [2.05, 4.69) is 36.6 Å². The Morgan fingerprint density at radius 1 is 0.784 bits per heavy atom. The molecule has 9 heteroatoms. The van der Waals surface area contributed by atoms with Crippen molar-refractivity contribution in [3.63, 3.8) is 0 Å². The Bertz CT molecular complexity index is 667. The molecule has 0 aromatic rings. The number of aliphatic hydroxyl groups excluding tert-OH is 1. The standard InChI is InChI=1S/C28H50N2O7/c1-3-5-6-7-8-9-10-11-12-16-20-27(34)37-23(17-4-2)18-14-13-15-19-25(32)29-21-26(33)30-24(22-31)28(35)36/h6-7,23-24,31H,3-5,8-22H2,1-2H3,(H,29,32)(H,30,33)(H,35,36)/b7-6-. The zero-order chi connectivity index (χ0) is 27.7. The number of carbonyl (C=O) groups excluding carboxylic acids is 3. The first-order chi connectivity index (χ1) is 17.8. The Balaban J connectivity index is 3.91. The summed E-state index contributed by atoms with van der Waals surface area (Å²) < 4.78 is 5.69. The lowest BCUT2D eigenvalue weighted by molar-refractivity contribution is -0.150. The second-order valence-corrected chi connectivity index (χ2v) is 9.48. The third-order valence-electron chi connectivity index (χ3n) is 5.97. The Hall–Kier alpha value is -2.42. The van der Waals surface area contributed by atoms with Gasteiger partial charge in [-0.05, 0) is 51.4 Å². The number of nitrogens with one attached hydrogen (secondary N) is 2. The van der Waals surface area contributed by atoms with Gasteiger partial charge in [0.15, 0.2) is 0 Å². The van der Waals surface area contributed by atoms with Gasteiger partial charge in [0.25, 0.3) is 0 Å². The summed E-state index contributed by atoms with van der Waals surface area (Å²) in [6.45, 7) is 3.19. The molecule has 0 radical (unpaired) electrons. The predicted molar refractivity (Wildman–Crippen MR) is 144 cm³/mol. The summed E-state index contributed by atoms with van der Waals surface area (Å²) in [5, 5.41) is 22.3. The highest BCUT2D eigenvalue weighted by Gasteiger charge is 2.19. The van der Waals surface area contributed by atoms with Gasteiger partial charge in [-0.2, -0.15) is 0 Å². The van der Waals surface area contributed by atoms with Crippen molar-refractivity contribution < 1.29 is 34.1 Å². The van der Waals surface area contributed by atoms with Crippen LogP contribution in [0.15, 0.2) is 12.2 Å². The third kappa shape index (κ3) is 21.4. The highest BCUT2D eigenvalue weighted by atomic mass is 16.5. The van der Waals surface area contributed by atoms with Crippen molar-refractivity contribution in [2.24, 2.45) is 0 Å². The predicted octanol–water partition coefficient (Wildman–Crippen LogP) is 4.41. The van der Waals surface area contributed by atoms with E-state index in [-0.39, 0.29) is 30.9 Å². The maximum Gasteiger partial charge on any atom is 0.328 e. The van der Waals surface area contributed by atoms with Gasteiger partial charge < -0.3 is 25.6 Å². The van der Waals surface area contributed by atoms with Crippen LogP contribution in [0.4, 0.5) is 0 Å². The summed E-state index contributed by atoms with van der Waals surface area (Å²) in [7, 11) is 0. The zero-order valence-electron chi connectivity index (χ0n) is 23.0. The molecule has 0 aromatic heterocycles. The van der Waals surface area contributed by atoms with E-state index in [0.29, 0.717) is 12.8 Å². The number of carbonyl (C=O) groups is 4. The topological polar surface area (TPSA) is 142 Å². The minimum absolute atomic E-state index is 0.0846. The average Bonchev–Trinajstić information content (AvgIpc) is 2.86. The summed E-state index contributed by atoms with van der Waals surface area (Å²) in [5.74, 6) is -2.43. The number of hydrogen-bond donors (Lipinski definition) is 4. The van der Waals surface area contributed by atoms with E-state index in [9.17, 15) is 19.2 Å². The molecule has 2 amide bonds. The van der Waals surface area contributed by atoms with Gasteiger partial charge in [0, 0.05) is 12.8 Å². The molecule has 0 aromatic carbocycles. The van der Waals surface area contributed by atoms with Crippen LogP contribution < -0.4 is 10.6 Å². The molecule has 0 bridgehead atoms. The molecular formula is C28H50N2O7. The first-order valence-corrected chi connectivity index (χ1v) is 14.1. The monoisotopic (exact) mass is 526 g/mol. The fourth-order valence-corrected chi connectivity index (χ4v) is 3.83. The van der Waals surface area contributed by atoms with E-state index >= 15 is 0 Å². The average molecular weight is 527 g/mol. The van der Waals surface area contributed by atoms with Crippen LogP contribution in [-0.2, 0) is 23.9 Å². The fraction of sp³-hybridized carbons (Fsp3) is 0.786. The van der Waals surface area contributed by atoms with Gasteiger partial charge in [-0.1, -0.05) is 64.5 Å². The molecule has 0 rings (SSSR count). The number of allylic oxidation sites excluding steroid dienone is 2. The summed E-state index contributed by atoms with van der Waals surface area (Å²) in [6.07, 6.45) is 19.0. The Labute approximate surface area is 222 Å². The Kier molecular flexibility index (Phi) is 22.4. The normalized spacial score (nSPS) is 12.7. The third-order valence-corrected chi connectivity index (χ3v) is 5.97. The van der Waals surface area contributed by atoms with Gasteiger partial charge >= 0.3 is 11.9 Å². The number of aliphatic hydroxyl groups is 1. The molecule has 0 heterocycles. The number of unbranched alkanes of at least 4 members (excludes halogenated alkanes) is 8. The molecule has 0 saturated carbocycles. The van der Waals surface area contributed by atoms with E-state index in [1.807, 2.05) is 0 Å². The second kappa shape index (κ2) is 23.9. The smallest absolute Gasteiger partial charge is 0.328 e. The van der Waals surface area contributed by atoms with Crippen LogP contribution in [0.3, 0.4) is 0 Å². The van der Waals surface area contributed by atoms with Crippen LogP contribution in [0.25, 0.3) is 0 Å². The number of esters is 1. The zero-order valence-corrected chi connectivity index (χ0v) is 23.0. The number of amides is 2. The molecular weight excluding hydrogens is 476 g/mol. The lowest BCUT2D eigenvalue weighted by Gasteiger charge is -2.17. The van der Waals surface area contributed by atoms with Crippen molar-refractivity contribution in [2.45, 2.75) is 129 Å². The van der Waals surface area contributed by atoms with Crippen LogP contribution in [0.1, 0.15) is 117 Å². The summed E-state index contributed by atoms with van der Waals surface area (Å²) >= 11 is 0. The molecule has 0 spiro atoms. The van der Waals surface area contributed by atoms with Crippen molar-refractivity contribution in [1.29, 1.82) is 0 Å². The Morgan fingerprint density at radius 3 is 2.11 bits per heavy atom. The summed E-state index contributed by atoms with van der Waals surface area (Å²) in [4.78, 5) is 46.5. The van der Waals surface area contributed by atoms with Crippen LogP contribution in [0.2, 0.25) is 0 Å². The molecule has 0 aliphatic carbocycles. The molecule has 0 aliphatic heterocycles. The number of rotatable bonds is 24. The molecule has 9 nitrogen and oxygen atoms in total. The van der Waals surface area contributed by atoms with Crippen molar-refractivity contribution in [2.75, 3.05) is 13.2 Å². The lowest BCUT2D eigenvalue weighted by atomic mass is 10.1. The minimum atomic E-state index is -1.39. The van der Waals surface area contributed by atoms with Crippen LogP contribution in [0, 0.1) is 0 Å². The van der Waals surface area contributed by atoms with Gasteiger partial charge in [0.1, 0.15) is 12.1 Å². The number of carboxylic acid groups (broad SMARTS) is 1. The summed E-state index contributed by atoms with van der Waals surface area (Å²) in [6, 6.07) is -1.39. The van der Waals surface area contributed by atoms with Crippen LogP contribution >= 0.6 is 0 Å². The fourth-order valence-electron chi connectivity index (χ4n) is 3.83. The van der Waals surface area contributed by atoms with Gasteiger partial charge in [0.05, 0.1) is 13.2 Å². The van der Waals surface area contributed by atoms with Crippen molar-refractivity contribution in [3.8, 4) is 0 Å². The van der Waals surface area contributed by atoms with Gasteiger partial charge in [-0.25, -0.2) is 4.79 Å². The largest absolute Gasteiger partial charge is 0.480 e. The molecule has 4 N–H and O–H groups in total. The van der Waals surface area contributed by atoms with Gasteiger partial charge in [0.2, 0.25) is 11.8 Å². The van der Waals surface area contributed by atoms with Crippen molar-refractivity contribution in [3.05, 3.63) is 12.2 Å². The van der Waals surface area contributed by atoms with E-state index < -0.39 is 24.5 Å². The van der Waals surface area contributed by atoms with E-state index in [1.165, 1.54) is 19.3 Å². The number of hydrogen-bond acceptors (Lipinski definition) is 6. The van der Waals surface area contributed by atoms with E-state index in [0.717, 1.165) is 64.2 Å². The first-order valence-electron chi connectivity index (χ1n) is 14.1. The first kappa shape index (κ1) is 34.6. The van der Waals surface area contributed by atoms with Crippen molar-refractivity contribution >= 4 is 23.8 Å². The van der Waals surface area contributed by atoms with Gasteiger partial charge in [-0.3, -0.25) is 14.4 Å². The maximum atomic E-state index is 12.2. The molecule has 0 saturated heterocycles. The van der Waals surface area contributed by atoms with Crippen LogP contribution in [-0.4, -0.2) is 59.3 Å². The Morgan fingerprint density at radius 2 is 1.43 bits per heavy atom. The minimum Gasteiger partial charge on any atom is -0.480 e. The highest BCUT2D eigenvalue weighted by Crippen LogP contribution is 2.15. The van der Waals surface area contributed by atoms with Gasteiger partial charge in [-0.15, -0.1) is 0 Å². The number of aliphatic carboxylic acids is 1.